The maximum absolute atomic E-state index is 13.5. The maximum Gasteiger partial charge on any atom is 0.267 e. The summed E-state index contributed by atoms with van der Waals surface area (Å²) in [4.78, 5) is -1.33. The Balaban J connectivity index is 2.48. The van der Waals surface area contributed by atoms with Crippen molar-refractivity contribution in [3.05, 3.63) is 52.8 Å². The first-order chi connectivity index (χ1) is 9.70. The highest BCUT2D eigenvalue weighted by atomic mass is 35.5. The first-order valence-corrected chi connectivity index (χ1v) is 7.22. The normalized spacial score (nSPS) is 11.4. The monoisotopic (exact) mass is 337 g/mol. The van der Waals surface area contributed by atoms with E-state index in [1.54, 1.807) is 0 Å². The summed E-state index contributed by atoms with van der Waals surface area (Å²) in [5, 5.41) is 8.97. The number of phenolic OH excluding ortho intramolecular Hbond substituents is 1. The average Bonchev–Trinajstić information content (AvgIpc) is 2.30. The van der Waals surface area contributed by atoms with Gasteiger partial charge in [-0.1, -0.05) is 11.6 Å². The van der Waals surface area contributed by atoms with E-state index in [-0.39, 0.29) is 28.6 Å². The molecule has 2 rings (SSSR count). The third-order valence-corrected chi connectivity index (χ3v) is 4.16. The van der Waals surface area contributed by atoms with Crippen LogP contribution in [0.1, 0.15) is 0 Å². The van der Waals surface area contributed by atoms with Crippen molar-refractivity contribution in [2.75, 3.05) is 4.72 Å². The molecule has 0 radical (unpaired) electrons. The van der Waals surface area contributed by atoms with Gasteiger partial charge in [0.05, 0.1) is 10.7 Å². The van der Waals surface area contributed by atoms with Crippen molar-refractivity contribution in [2.24, 2.45) is 0 Å². The van der Waals surface area contributed by atoms with Gasteiger partial charge in [0.15, 0.2) is 4.90 Å². The SMILES string of the molecule is O=S(=O)(Nc1ccc(O)cc1Cl)c1c(F)cc(F)cc1F. The molecule has 2 aromatic carbocycles. The molecule has 0 aliphatic rings. The van der Waals surface area contributed by atoms with E-state index in [1.807, 2.05) is 4.72 Å². The van der Waals surface area contributed by atoms with Crippen LogP contribution < -0.4 is 4.72 Å². The minimum atomic E-state index is -4.66. The molecule has 2 aromatic rings. The Morgan fingerprint density at radius 1 is 1.05 bits per heavy atom. The van der Waals surface area contributed by atoms with Crippen LogP contribution in [0.3, 0.4) is 0 Å². The quantitative estimate of drug-likeness (QED) is 0.845. The van der Waals surface area contributed by atoms with Crippen LogP contribution in [0.2, 0.25) is 5.02 Å². The Bertz CT molecular complexity index is 788. The first kappa shape index (κ1) is 15.5. The van der Waals surface area contributed by atoms with Crippen molar-refractivity contribution in [2.45, 2.75) is 4.90 Å². The molecule has 0 aromatic heterocycles. The molecule has 0 aliphatic heterocycles. The van der Waals surface area contributed by atoms with Gasteiger partial charge in [-0.05, 0) is 12.1 Å². The Kier molecular flexibility index (Phi) is 4.02. The summed E-state index contributed by atoms with van der Waals surface area (Å²) in [6, 6.07) is 3.76. The lowest BCUT2D eigenvalue weighted by atomic mass is 10.3. The van der Waals surface area contributed by atoms with Gasteiger partial charge >= 0.3 is 0 Å². The minimum Gasteiger partial charge on any atom is -0.508 e. The molecule has 0 spiro atoms. The van der Waals surface area contributed by atoms with E-state index in [0.29, 0.717) is 0 Å². The second-order valence-electron chi connectivity index (χ2n) is 3.97. The number of anilines is 1. The van der Waals surface area contributed by atoms with Crippen LogP contribution in [0.5, 0.6) is 5.75 Å². The fourth-order valence-corrected chi connectivity index (χ4v) is 3.05. The Morgan fingerprint density at radius 3 is 2.14 bits per heavy atom. The minimum absolute atomic E-state index is 0.179. The third-order valence-electron chi connectivity index (χ3n) is 2.43. The van der Waals surface area contributed by atoms with E-state index in [9.17, 15) is 21.6 Å². The van der Waals surface area contributed by atoms with Gasteiger partial charge in [-0.15, -0.1) is 0 Å². The fraction of sp³-hybridized carbons (Fsp3) is 0. The van der Waals surface area contributed by atoms with Gasteiger partial charge in [-0.3, -0.25) is 4.72 Å². The van der Waals surface area contributed by atoms with E-state index in [4.69, 9.17) is 16.7 Å². The number of hydrogen-bond acceptors (Lipinski definition) is 3. The second kappa shape index (κ2) is 5.45. The molecule has 0 amide bonds. The number of phenols is 1. The van der Waals surface area contributed by atoms with Gasteiger partial charge in [0, 0.05) is 18.2 Å². The summed E-state index contributed by atoms with van der Waals surface area (Å²) in [5.74, 6) is -4.61. The van der Waals surface area contributed by atoms with Gasteiger partial charge < -0.3 is 5.11 Å². The molecule has 0 unspecified atom stereocenters. The molecule has 0 saturated carbocycles. The van der Waals surface area contributed by atoms with Crippen LogP contribution in [0.4, 0.5) is 18.9 Å². The smallest absolute Gasteiger partial charge is 0.267 e. The molecule has 112 valence electrons. The molecule has 0 atom stereocenters. The zero-order valence-corrected chi connectivity index (χ0v) is 11.6. The van der Waals surface area contributed by atoms with E-state index in [2.05, 4.69) is 0 Å². The lowest BCUT2D eigenvalue weighted by Crippen LogP contribution is -2.17. The number of hydrogen-bond donors (Lipinski definition) is 2. The molecule has 0 aliphatic carbocycles. The predicted octanol–water partition coefficient (Wildman–Crippen LogP) is 3.26. The number of sulfonamides is 1. The Hall–Kier alpha value is -1.93. The van der Waals surface area contributed by atoms with E-state index >= 15 is 0 Å². The van der Waals surface area contributed by atoms with Crippen molar-refractivity contribution in [3.8, 4) is 5.75 Å². The molecule has 0 bridgehead atoms. The van der Waals surface area contributed by atoms with E-state index in [1.165, 1.54) is 0 Å². The van der Waals surface area contributed by atoms with Crippen LogP contribution in [-0.4, -0.2) is 13.5 Å². The molecular formula is C12H7ClF3NO3S. The van der Waals surface area contributed by atoms with E-state index < -0.39 is 32.4 Å². The Labute approximate surface area is 122 Å². The molecule has 2 N–H and O–H groups in total. The highest BCUT2D eigenvalue weighted by molar-refractivity contribution is 7.92. The zero-order chi connectivity index (χ0) is 15.8. The molecule has 0 fully saturated rings. The van der Waals surface area contributed by atoms with E-state index in [0.717, 1.165) is 18.2 Å². The lowest BCUT2D eigenvalue weighted by Gasteiger charge is -2.11. The highest BCUT2D eigenvalue weighted by Gasteiger charge is 2.26. The topological polar surface area (TPSA) is 66.4 Å². The maximum atomic E-state index is 13.5. The van der Waals surface area contributed by atoms with Gasteiger partial charge in [-0.25, -0.2) is 21.6 Å². The van der Waals surface area contributed by atoms with Crippen LogP contribution in [0, 0.1) is 17.5 Å². The van der Waals surface area contributed by atoms with Crippen LogP contribution in [-0.2, 0) is 10.0 Å². The molecule has 0 heterocycles. The fourth-order valence-electron chi connectivity index (χ4n) is 1.57. The first-order valence-electron chi connectivity index (χ1n) is 5.36. The number of halogens is 4. The summed E-state index contributed by atoms with van der Waals surface area (Å²) in [6.07, 6.45) is 0. The molecule has 4 nitrogen and oxygen atoms in total. The van der Waals surface area contributed by atoms with Gasteiger partial charge in [-0.2, -0.15) is 0 Å². The molecular weight excluding hydrogens is 331 g/mol. The summed E-state index contributed by atoms with van der Waals surface area (Å²) in [6.45, 7) is 0. The Morgan fingerprint density at radius 2 is 1.62 bits per heavy atom. The second-order valence-corrected chi connectivity index (χ2v) is 5.99. The summed E-state index contributed by atoms with van der Waals surface area (Å²) < 4.78 is 65.6. The number of benzene rings is 2. The molecule has 9 heteroatoms. The van der Waals surface area contributed by atoms with Crippen LogP contribution in [0.15, 0.2) is 35.2 Å². The lowest BCUT2D eigenvalue weighted by molar-refractivity contribution is 0.475. The van der Waals surface area contributed by atoms with Crippen molar-refractivity contribution in [1.29, 1.82) is 0 Å². The number of aromatic hydroxyl groups is 1. The highest BCUT2D eigenvalue weighted by Crippen LogP contribution is 2.29. The van der Waals surface area contributed by atoms with Gasteiger partial charge in [0.2, 0.25) is 0 Å². The van der Waals surface area contributed by atoms with Crippen LogP contribution >= 0.6 is 11.6 Å². The number of nitrogens with one attached hydrogen (secondary N) is 1. The molecule has 21 heavy (non-hydrogen) atoms. The standard InChI is InChI=1S/C12H7ClF3NO3S/c13-8-5-7(18)1-2-11(8)17-21(19,20)12-9(15)3-6(14)4-10(12)16/h1-5,17-18H. The van der Waals surface area contributed by atoms with Crippen molar-refractivity contribution < 1.29 is 26.7 Å². The summed E-state index contributed by atoms with van der Waals surface area (Å²) >= 11 is 5.69. The van der Waals surface area contributed by atoms with Crippen LogP contribution in [0.25, 0.3) is 0 Å². The van der Waals surface area contributed by atoms with Crippen molar-refractivity contribution in [3.63, 3.8) is 0 Å². The summed E-state index contributed by atoms with van der Waals surface area (Å²) in [7, 11) is -4.66. The third kappa shape index (κ3) is 3.22. The number of rotatable bonds is 3. The summed E-state index contributed by atoms with van der Waals surface area (Å²) in [5.41, 5.74) is -0.197. The predicted molar refractivity (Wildman–Crippen MR) is 70.2 cm³/mol. The largest absolute Gasteiger partial charge is 0.508 e. The van der Waals surface area contributed by atoms with Gasteiger partial charge in [0.25, 0.3) is 10.0 Å². The molecule has 0 saturated heterocycles. The van der Waals surface area contributed by atoms with Crippen molar-refractivity contribution >= 4 is 27.3 Å². The zero-order valence-electron chi connectivity index (χ0n) is 10.1. The van der Waals surface area contributed by atoms with Gasteiger partial charge in [0.1, 0.15) is 23.2 Å². The average molecular weight is 338 g/mol. The van der Waals surface area contributed by atoms with Crippen molar-refractivity contribution in [1.82, 2.24) is 0 Å².